The normalized spacial score (nSPS) is 11.9. The van der Waals surface area contributed by atoms with Crippen molar-refractivity contribution in [1.82, 2.24) is 0 Å². The molecule has 0 saturated carbocycles. The summed E-state index contributed by atoms with van der Waals surface area (Å²) >= 11 is 0. The van der Waals surface area contributed by atoms with Crippen molar-refractivity contribution in [2.24, 2.45) is 0 Å². The van der Waals surface area contributed by atoms with E-state index in [4.69, 9.17) is 9.47 Å². The summed E-state index contributed by atoms with van der Waals surface area (Å²) in [6, 6.07) is 2.40. The molecule has 0 aliphatic heterocycles. The van der Waals surface area contributed by atoms with Gasteiger partial charge in [-0.1, -0.05) is 64.5 Å². The maximum absolute atomic E-state index is 11.6. The van der Waals surface area contributed by atoms with Crippen molar-refractivity contribution >= 4 is 22.3 Å². The highest BCUT2D eigenvalue weighted by molar-refractivity contribution is 6.76. The van der Waals surface area contributed by atoms with E-state index < -0.39 is 22.3 Å². The van der Waals surface area contributed by atoms with Crippen LogP contribution in [0.1, 0.15) is 25.7 Å². The summed E-state index contributed by atoms with van der Waals surface area (Å²) in [6.07, 6.45) is 2.75. The molecular formula is C17H34O3Si2. The van der Waals surface area contributed by atoms with Gasteiger partial charge in [0.15, 0.2) is 0 Å². The molecule has 0 N–H and O–H groups in total. The van der Waals surface area contributed by atoms with Crippen LogP contribution < -0.4 is 0 Å². The lowest BCUT2D eigenvalue weighted by Crippen LogP contribution is -2.19. The van der Waals surface area contributed by atoms with E-state index in [1.807, 2.05) is 0 Å². The highest BCUT2D eigenvalue weighted by atomic mass is 28.3. The minimum Gasteiger partial charge on any atom is -0.400 e. The Balaban J connectivity index is 3.88. The summed E-state index contributed by atoms with van der Waals surface area (Å²) < 4.78 is 10.2. The van der Waals surface area contributed by atoms with E-state index in [0.29, 0.717) is 24.4 Å². The molecular weight excluding hydrogens is 308 g/mol. The van der Waals surface area contributed by atoms with Crippen molar-refractivity contribution < 1.29 is 14.3 Å². The minimum absolute atomic E-state index is 0.484. The summed E-state index contributed by atoms with van der Waals surface area (Å²) in [6.45, 7) is 21.5. The topological polar surface area (TPSA) is 35.5 Å². The zero-order valence-corrected chi connectivity index (χ0v) is 17.4. The van der Waals surface area contributed by atoms with E-state index in [1.165, 1.54) is 12.1 Å². The van der Waals surface area contributed by atoms with E-state index in [9.17, 15) is 4.79 Å². The van der Waals surface area contributed by atoms with Gasteiger partial charge in [-0.3, -0.25) is 0 Å². The molecule has 0 aliphatic carbocycles. The van der Waals surface area contributed by atoms with Crippen molar-refractivity contribution in [3.05, 3.63) is 24.7 Å². The van der Waals surface area contributed by atoms with Gasteiger partial charge in [-0.2, -0.15) is 0 Å². The predicted octanol–water partition coefficient (Wildman–Crippen LogP) is 6.40. The van der Waals surface area contributed by atoms with Crippen LogP contribution in [0.2, 0.25) is 51.4 Å². The van der Waals surface area contributed by atoms with Crippen molar-refractivity contribution in [2.75, 3.05) is 0 Å². The Kier molecular flexibility index (Phi) is 9.00. The first-order valence-corrected chi connectivity index (χ1v) is 15.6. The summed E-state index contributed by atoms with van der Waals surface area (Å²) in [5.74, 6) is 0.969. The second-order valence-corrected chi connectivity index (χ2v) is 19.6. The van der Waals surface area contributed by atoms with Gasteiger partial charge in [0, 0.05) is 29.0 Å². The Morgan fingerprint density at radius 3 is 1.36 bits per heavy atom. The maximum Gasteiger partial charge on any atom is 0.518 e. The van der Waals surface area contributed by atoms with Crippen molar-refractivity contribution in [3.63, 3.8) is 0 Å². The number of hydrogen-bond acceptors (Lipinski definition) is 3. The molecule has 22 heavy (non-hydrogen) atoms. The van der Waals surface area contributed by atoms with Gasteiger partial charge >= 0.3 is 6.16 Å². The maximum atomic E-state index is 11.6. The van der Waals surface area contributed by atoms with Crippen LogP contribution >= 0.6 is 0 Å². The highest BCUT2D eigenvalue weighted by Crippen LogP contribution is 2.18. The summed E-state index contributed by atoms with van der Waals surface area (Å²) in [5, 5.41) is 0. The summed E-state index contributed by atoms with van der Waals surface area (Å²) in [4.78, 5) is 11.6. The lowest BCUT2D eigenvalue weighted by molar-refractivity contribution is 0.0978. The molecule has 0 aliphatic rings. The zero-order valence-electron chi connectivity index (χ0n) is 15.4. The molecule has 0 fully saturated rings. The van der Waals surface area contributed by atoms with E-state index in [-0.39, 0.29) is 0 Å². The average Bonchev–Trinajstić information content (AvgIpc) is 2.24. The highest BCUT2D eigenvalue weighted by Gasteiger charge is 2.15. The molecule has 5 heteroatoms. The van der Waals surface area contributed by atoms with Crippen LogP contribution in [0.5, 0.6) is 0 Å². The van der Waals surface area contributed by atoms with Crippen LogP contribution in [0.3, 0.4) is 0 Å². The fourth-order valence-corrected chi connectivity index (χ4v) is 4.47. The molecule has 0 bridgehead atoms. The summed E-state index contributed by atoms with van der Waals surface area (Å²) in [5.41, 5.74) is 0. The van der Waals surface area contributed by atoms with Crippen LogP contribution in [0.4, 0.5) is 4.79 Å². The van der Waals surface area contributed by atoms with Gasteiger partial charge in [0.2, 0.25) is 0 Å². The third-order valence-corrected chi connectivity index (χ3v) is 6.93. The second-order valence-electron chi connectivity index (χ2n) is 8.36. The van der Waals surface area contributed by atoms with Crippen molar-refractivity contribution in [3.8, 4) is 0 Å². The molecule has 0 spiro atoms. The van der Waals surface area contributed by atoms with E-state index in [2.05, 4.69) is 52.4 Å². The molecule has 3 nitrogen and oxygen atoms in total. The quantitative estimate of drug-likeness (QED) is 0.261. The Bertz CT molecular complexity index is 354. The smallest absolute Gasteiger partial charge is 0.400 e. The van der Waals surface area contributed by atoms with Gasteiger partial charge in [-0.25, -0.2) is 4.79 Å². The Morgan fingerprint density at radius 2 is 1.09 bits per heavy atom. The second kappa shape index (κ2) is 9.35. The molecule has 0 amide bonds. The molecule has 0 unspecified atom stereocenters. The van der Waals surface area contributed by atoms with E-state index in [1.54, 1.807) is 0 Å². The van der Waals surface area contributed by atoms with Gasteiger partial charge in [0.05, 0.1) is 0 Å². The van der Waals surface area contributed by atoms with Crippen LogP contribution in [0, 0.1) is 0 Å². The fraction of sp³-hybridized carbons (Fsp3) is 0.706. The Hall–Kier alpha value is -0.816. The van der Waals surface area contributed by atoms with E-state index in [0.717, 1.165) is 12.8 Å². The Labute approximate surface area is 138 Å². The molecule has 128 valence electrons. The zero-order chi connectivity index (χ0) is 17.4. The molecule has 0 atom stereocenters. The van der Waals surface area contributed by atoms with E-state index >= 15 is 0 Å². The Morgan fingerprint density at radius 1 is 0.773 bits per heavy atom. The van der Waals surface area contributed by atoms with Crippen LogP contribution in [0.15, 0.2) is 24.7 Å². The third kappa shape index (κ3) is 14.1. The SMILES string of the molecule is C=C(CCC[Si](C)(C)C)OC(=O)OC(=C)CCC[Si](C)(C)C. The lowest BCUT2D eigenvalue weighted by atomic mass is 10.3. The van der Waals surface area contributed by atoms with Crippen molar-refractivity contribution in [2.45, 2.75) is 77.1 Å². The number of allylic oxidation sites excluding steroid dienone is 2. The molecule has 0 radical (unpaired) electrons. The average molecular weight is 343 g/mol. The number of ether oxygens (including phenoxy) is 2. The first-order valence-electron chi connectivity index (χ1n) is 8.14. The predicted molar refractivity (Wildman–Crippen MR) is 101 cm³/mol. The molecule has 0 heterocycles. The van der Waals surface area contributed by atoms with Gasteiger partial charge in [-0.15, -0.1) is 0 Å². The molecule has 0 aromatic heterocycles. The largest absolute Gasteiger partial charge is 0.518 e. The molecule has 0 aromatic rings. The van der Waals surface area contributed by atoms with Crippen LogP contribution in [0.25, 0.3) is 0 Å². The van der Waals surface area contributed by atoms with Crippen LogP contribution in [-0.4, -0.2) is 22.3 Å². The van der Waals surface area contributed by atoms with Gasteiger partial charge in [0.25, 0.3) is 0 Å². The monoisotopic (exact) mass is 342 g/mol. The van der Waals surface area contributed by atoms with Crippen molar-refractivity contribution in [1.29, 1.82) is 0 Å². The number of carbonyl (C=O) groups is 1. The molecule has 0 aromatic carbocycles. The molecule has 0 rings (SSSR count). The fourth-order valence-electron chi connectivity index (χ4n) is 1.99. The lowest BCUT2D eigenvalue weighted by Gasteiger charge is -2.16. The van der Waals surface area contributed by atoms with Gasteiger partial charge < -0.3 is 9.47 Å². The third-order valence-electron chi connectivity index (χ3n) is 3.22. The minimum atomic E-state index is -1.04. The number of hydrogen-bond donors (Lipinski definition) is 0. The number of rotatable bonds is 10. The molecule has 0 saturated heterocycles. The number of carbonyl (C=O) groups excluding carboxylic acids is 1. The van der Waals surface area contributed by atoms with Gasteiger partial charge in [0.1, 0.15) is 11.5 Å². The van der Waals surface area contributed by atoms with Gasteiger partial charge in [-0.05, 0) is 12.8 Å². The standard InChI is InChI=1S/C17H34O3Si2/c1-15(11-9-13-21(3,4)5)19-17(18)20-16(2)12-10-14-22(6,7)8/h1-2,9-14H2,3-8H3. The first-order chi connectivity index (χ1) is 9.89. The summed E-state index contributed by atoms with van der Waals surface area (Å²) in [7, 11) is -2.09. The first kappa shape index (κ1) is 21.2. The van der Waals surface area contributed by atoms with Crippen LogP contribution in [-0.2, 0) is 9.47 Å².